The molecular weight excluding hydrogens is 258 g/mol. The van der Waals surface area contributed by atoms with E-state index in [1.807, 2.05) is 24.6 Å². The lowest BCUT2D eigenvalue weighted by Crippen LogP contribution is -2.53. The predicted molar refractivity (Wildman–Crippen MR) is 72.9 cm³/mol. The summed E-state index contributed by atoms with van der Waals surface area (Å²) in [6.45, 7) is 5.05. The fourth-order valence-corrected chi connectivity index (χ4v) is 3.04. The quantitative estimate of drug-likeness (QED) is 0.879. The van der Waals surface area contributed by atoms with Crippen LogP contribution >= 0.6 is 0 Å². The molecule has 0 spiro atoms. The summed E-state index contributed by atoms with van der Waals surface area (Å²) in [5, 5.41) is 9.31. The van der Waals surface area contributed by atoms with Gasteiger partial charge in [0.05, 0.1) is 12.2 Å². The number of piperidine rings is 1. The van der Waals surface area contributed by atoms with Crippen molar-refractivity contribution in [1.29, 1.82) is 0 Å². The van der Waals surface area contributed by atoms with Gasteiger partial charge in [0.25, 0.3) is 0 Å². The molecule has 0 saturated carbocycles. The van der Waals surface area contributed by atoms with Crippen LogP contribution in [-0.4, -0.2) is 44.0 Å². The molecule has 2 heterocycles. The van der Waals surface area contributed by atoms with E-state index in [-0.39, 0.29) is 17.9 Å². The van der Waals surface area contributed by atoms with Gasteiger partial charge in [0.1, 0.15) is 0 Å². The van der Waals surface area contributed by atoms with Gasteiger partial charge in [-0.2, -0.15) is 0 Å². The number of carbonyl (C=O) groups is 2. The van der Waals surface area contributed by atoms with E-state index in [0.29, 0.717) is 13.0 Å². The van der Waals surface area contributed by atoms with Gasteiger partial charge >= 0.3 is 5.97 Å². The Morgan fingerprint density at radius 3 is 2.80 bits per heavy atom. The second-order valence-electron chi connectivity index (χ2n) is 5.53. The van der Waals surface area contributed by atoms with E-state index in [1.54, 1.807) is 17.4 Å². The minimum absolute atomic E-state index is 0.0631. The van der Waals surface area contributed by atoms with Crippen LogP contribution in [0.5, 0.6) is 0 Å². The third-order valence-electron chi connectivity index (χ3n) is 4.10. The van der Waals surface area contributed by atoms with E-state index < -0.39 is 11.9 Å². The number of aryl methyl sites for hydroxylation is 1. The van der Waals surface area contributed by atoms with Gasteiger partial charge in [-0.15, -0.1) is 0 Å². The standard InChI is InChI=1S/C14H21N3O3/c1-10-8-12(18)17(11(2)13(10)14(19)20)6-3-5-16-7-4-15-9-16/h4,7,9-11,13H,3,5-6,8H2,1-2H3,(H,19,20). The zero-order valence-electron chi connectivity index (χ0n) is 11.9. The number of nitrogens with zero attached hydrogens (tertiary/aromatic N) is 3. The summed E-state index contributed by atoms with van der Waals surface area (Å²) in [7, 11) is 0. The van der Waals surface area contributed by atoms with Crippen molar-refractivity contribution >= 4 is 11.9 Å². The van der Waals surface area contributed by atoms with Gasteiger partial charge in [-0.25, -0.2) is 4.98 Å². The summed E-state index contributed by atoms with van der Waals surface area (Å²) < 4.78 is 1.95. The number of carbonyl (C=O) groups excluding carboxylic acids is 1. The predicted octanol–water partition coefficient (Wildman–Crippen LogP) is 1.23. The van der Waals surface area contributed by atoms with Gasteiger partial charge in [-0.3, -0.25) is 9.59 Å². The number of aromatic nitrogens is 2. The molecule has 110 valence electrons. The highest BCUT2D eigenvalue weighted by atomic mass is 16.4. The number of likely N-dealkylation sites (tertiary alicyclic amines) is 1. The summed E-state index contributed by atoms with van der Waals surface area (Å²) in [6.07, 6.45) is 6.46. The average Bonchev–Trinajstić information content (AvgIpc) is 2.85. The Morgan fingerprint density at radius 2 is 2.20 bits per heavy atom. The van der Waals surface area contributed by atoms with Gasteiger partial charge in [0.2, 0.25) is 5.91 Å². The molecule has 6 nitrogen and oxygen atoms in total. The van der Waals surface area contributed by atoms with E-state index >= 15 is 0 Å². The number of imidazole rings is 1. The molecule has 0 aromatic carbocycles. The minimum atomic E-state index is -0.808. The number of rotatable bonds is 5. The van der Waals surface area contributed by atoms with Gasteiger partial charge < -0.3 is 14.6 Å². The molecule has 1 amide bonds. The topological polar surface area (TPSA) is 75.4 Å². The SMILES string of the molecule is CC1CC(=O)N(CCCn2ccnc2)C(C)C1C(=O)O. The molecule has 1 aromatic heterocycles. The van der Waals surface area contributed by atoms with Crippen molar-refractivity contribution in [2.24, 2.45) is 11.8 Å². The monoisotopic (exact) mass is 279 g/mol. The zero-order chi connectivity index (χ0) is 14.7. The van der Waals surface area contributed by atoms with Crippen LogP contribution in [0.1, 0.15) is 26.7 Å². The van der Waals surface area contributed by atoms with Crippen molar-refractivity contribution in [3.63, 3.8) is 0 Å². The molecule has 1 fully saturated rings. The summed E-state index contributed by atoms with van der Waals surface area (Å²) in [6, 6.07) is -0.244. The Hall–Kier alpha value is -1.85. The first-order chi connectivity index (χ1) is 9.50. The summed E-state index contributed by atoms with van der Waals surface area (Å²) >= 11 is 0. The first-order valence-electron chi connectivity index (χ1n) is 6.98. The molecule has 0 bridgehead atoms. The van der Waals surface area contributed by atoms with Gasteiger partial charge in [-0.1, -0.05) is 6.92 Å². The van der Waals surface area contributed by atoms with E-state index in [1.165, 1.54) is 0 Å². The molecule has 1 aliphatic heterocycles. The Morgan fingerprint density at radius 1 is 1.45 bits per heavy atom. The maximum absolute atomic E-state index is 12.1. The largest absolute Gasteiger partial charge is 0.481 e. The highest BCUT2D eigenvalue weighted by Gasteiger charge is 2.41. The number of amides is 1. The molecular formula is C14H21N3O3. The van der Waals surface area contributed by atoms with Crippen LogP contribution in [0.15, 0.2) is 18.7 Å². The lowest BCUT2D eigenvalue weighted by Gasteiger charge is -2.40. The van der Waals surface area contributed by atoms with Crippen molar-refractivity contribution in [2.45, 2.75) is 39.3 Å². The number of hydrogen-bond acceptors (Lipinski definition) is 3. The summed E-state index contributed by atoms with van der Waals surface area (Å²) in [5.41, 5.74) is 0. The van der Waals surface area contributed by atoms with Gasteiger partial charge in [-0.05, 0) is 19.3 Å². The second kappa shape index (κ2) is 6.07. The van der Waals surface area contributed by atoms with Crippen LogP contribution in [0.3, 0.4) is 0 Å². The molecule has 3 unspecified atom stereocenters. The van der Waals surface area contributed by atoms with Crippen molar-refractivity contribution in [3.8, 4) is 0 Å². The summed E-state index contributed by atoms with van der Waals surface area (Å²) in [5.74, 6) is -1.31. The number of carboxylic acids is 1. The second-order valence-corrected chi connectivity index (χ2v) is 5.53. The minimum Gasteiger partial charge on any atom is -0.481 e. The first kappa shape index (κ1) is 14.6. The molecule has 0 aliphatic carbocycles. The third kappa shape index (κ3) is 3.00. The van der Waals surface area contributed by atoms with Crippen molar-refractivity contribution in [3.05, 3.63) is 18.7 Å². The van der Waals surface area contributed by atoms with Gasteiger partial charge in [0.15, 0.2) is 0 Å². The highest BCUT2D eigenvalue weighted by Crippen LogP contribution is 2.30. The molecule has 2 rings (SSSR count). The average molecular weight is 279 g/mol. The van der Waals surface area contributed by atoms with Crippen molar-refractivity contribution in [2.75, 3.05) is 6.54 Å². The number of carboxylic acid groups (broad SMARTS) is 1. The van der Waals surface area contributed by atoms with E-state index in [4.69, 9.17) is 0 Å². The molecule has 3 atom stereocenters. The Kier molecular flexibility index (Phi) is 4.42. The molecule has 1 aliphatic rings. The smallest absolute Gasteiger partial charge is 0.308 e. The fraction of sp³-hybridized carbons (Fsp3) is 0.643. The third-order valence-corrected chi connectivity index (χ3v) is 4.10. The maximum atomic E-state index is 12.1. The number of hydrogen-bond donors (Lipinski definition) is 1. The lowest BCUT2D eigenvalue weighted by atomic mass is 9.81. The van der Waals surface area contributed by atoms with E-state index in [0.717, 1.165) is 13.0 Å². The Bertz CT molecular complexity index is 472. The molecule has 1 aromatic rings. The first-order valence-corrected chi connectivity index (χ1v) is 6.98. The lowest BCUT2D eigenvalue weighted by molar-refractivity contribution is -0.154. The van der Waals surface area contributed by atoms with E-state index in [9.17, 15) is 14.7 Å². The normalized spacial score (nSPS) is 26.8. The Labute approximate surface area is 118 Å². The number of aliphatic carboxylic acids is 1. The van der Waals surface area contributed by atoms with Gasteiger partial charge in [0, 0.05) is 37.9 Å². The van der Waals surface area contributed by atoms with Crippen LogP contribution in [0.4, 0.5) is 0 Å². The fourth-order valence-electron chi connectivity index (χ4n) is 3.04. The molecule has 6 heteroatoms. The molecule has 1 N–H and O–H groups in total. The summed E-state index contributed by atoms with van der Waals surface area (Å²) in [4.78, 5) is 29.1. The Balaban J connectivity index is 1.95. The molecule has 20 heavy (non-hydrogen) atoms. The van der Waals surface area contributed by atoms with Crippen LogP contribution < -0.4 is 0 Å². The van der Waals surface area contributed by atoms with Crippen molar-refractivity contribution < 1.29 is 14.7 Å². The molecule has 1 saturated heterocycles. The van der Waals surface area contributed by atoms with Crippen LogP contribution in [0.2, 0.25) is 0 Å². The maximum Gasteiger partial charge on any atom is 0.308 e. The van der Waals surface area contributed by atoms with Crippen LogP contribution in [-0.2, 0) is 16.1 Å². The molecule has 0 radical (unpaired) electrons. The van der Waals surface area contributed by atoms with Crippen molar-refractivity contribution in [1.82, 2.24) is 14.5 Å². The van der Waals surface area contributed by atoms with E-state index in [2.05, 4.69) is 4.98 Å². The highest BCUT2D eigenvalue weighted by molar-refractivity contribution is 5.81. The zero-order valence-corrected chi connectivity index (χ0v) is 11.9. The van der Waals surface area contributed by atoms with Crippen LogP contribution in [0.25, 0.3) is 0 Å². The van der Waals surface area contributed by atoms with Crippen LogP contribution in [0, 0.1) is 11.8 Å².